The van der Waals surface area contributed by atoms with Gasteiger partial charge in [-0.1, -0.05) is 18.3 Å². The number of carbonyl (C=O) groups excluding carboxylic acids is 1. The molecular weight excluding hydrogens is 335 g/mol. The van der Waals surface area contributed by atoms with Crippen LogP contribution in [0.3, 0.4) is 0 Å². The van der Waals surface area contributed by atoms with Crippen molar-refractivity contribution in [2.75, 3.05) is 5.32 Å². The molecule has 0 bridgehead atoms. The van der Waals surface area contributed by atoms with Gasteiger partial charge in [0.25, 0.3) is 5.91 Å². The van der Waals surface area contributed by atoms with Crippen LogP contribution in [-0.2, 0) is 19.0 Å². The van der Waals surface area contributed by atoms with E-state index in [0.29, 0.717) is 22.1 Å². The lowest BCUT2D eigenvalue weighted by Crippen LogP contribution is -2.10. The van der Waals surface area contributed by atoms with E-state index in [4.69, 9.17) is 0 Å². The second-order valence-corrected chi connectivity index (χ2v) is 7.39. The molecule has 1 unspecified atom stereocenters. The number of aromatic nitrogens is 2. The van der Waals surface area contributed by atoms with E-state index < -0.39 is 17.1 Å². The maximum absolute atomic E-state index is 12.5. The van der Waals surface area contributed by atoms with E-state index in [2.05, 4.69) is 22.4 Å². The van der Waals surface area contributed by atoms with Crippen LogP contribution >= 0.6 is 22.7 Å². The van der Waals surface area contributed by atoms with Crippen molar-refractivity contribution in [1.29, 1.82) is 0 Å². The van der Waals surface area contributed by atoms with Crippen molar-refractivity contribution >= 4 is 33.7 Å². The molecule has 3 rings (SSSR count). The molecular formula is C13H12F3N3OS2. The Morgan fingerprint density at radius 1 is 1.36 bits per heavy atom. The van der Waals surface area contributed by atoms with Crippen LogP contribution in [0.1, 0.15) is 38.5 Å². The van der Waals surface area contributed by atoms with Crippen molar-refractivity contribution in [3.8, 4) is 0 Å². The SMILES string of the molecule is CC1CCc2sc(C(=O)Nc3nnc(C(F)(F)F)s3)cc2C1. The third-order valence-electron chi connectivity index (χ3n) is 3.44. The molecule has 0 radical (unpaired) electrons. The molecule has 22 heavy (non-hydrogen) atoms. The minimum Gasteiger partial charge on any atom is -0.296 e. The van der Waals surface area contributed by atoms with Crippen molar-refractivity contribution in [3.63, 3.8) is 0 Å². The lowest BCUT2D eigenvalue weighted by molar-refractivity contribution is -0.138. The molecule has 0 fully saturated rings. The molecule has 0 aromatic carbocycles. The summed E-state index contributed by atoms with van der Waals surface area (Å²) in [5, 5.41) is 7.58. The quantitative estimate of drug-likeness (QED) is 0.893. The van der Waals surface area contributed by atoms with Crippen molar-refractivity contribution in [2.45, 2.75) is 32.4 Å². The van der Waals surface area contributed by atoms with Gasteiger partial charge >= 0.3 is 6.18 Å². The number of amides is 1. The van der Waals surface area contributed by atoms with E-state index in [9.17, 15) is 18.0 Å². The highest BCUT2D eigenvalue weighted by atomic mass is 32.1. The van der Waals surface area contributed by atoms with Gasteiger partial charge in [-0.3, -0.25) is 10.1 Å². The second kappa shape index (κ2) is 5.62. The monoisotopic (exact) mass is 347 g/mol. The molecule has 0 saturated heterocycles. The lowest BCUT2D eigenvalue weighted by Gasteiger charge is -2.16. The van der Waals surface area contributed by atoms with E-state index in [1.165, 1.54) is 21.8 Å². The number of fused-ring (bicyclic) bond motifs is 1. The molecule has 2 heterocycles. The topological polar surface area (TPSA) is 54.9 Å². The summed E-state index contributed by atoms with van der Waals surface area (Å²) in [6.07, 6.45) is -1.56. The molecule has 1 atom stereocenters. The third kappa shape index (κ3) is 3.14. The van der Waals surface area contributed by atoms with E-state index >= 15 is 0 Å². The van der Waals surface area contributed by atoms with Crippen LogP contribution < -0.4 is 5.32 Å². The molecule has 0 aliphatic heterocycles. The number of hydrogen-bond acceptors (Lipinski definition) is 5. The molecule has 9 heteroatoms. The second-order valence-electron chi connectivity index (χ2n) is 5.27. The Balaban J connectivity index is 1.74. The number of nitrogens with zero attached hydrogens (tertiary/aromatic N) is 2. The van der Waals surface area contributed by atoms with Gasteiger partial charge in [-0.25, -0.2) is 0 Å². The van der Waals surface area contributed by atoms with Gasteiger partial charge in [-0.05, 0) is 36.8 Å². The Bertz CT molecular complexity index is 708. The van der Waals surface area contributed by atoms with Gasteiger partial charge in [0.15, 0.2) is 0 Å². The fraction of sp³-hybridized carbons (Fsp3) is 0.462. The highest BCUT2D eigenvalue weighted by Gasteiger charge is 2.36. The average Bonchev–Trinajstić information content (AvgIpc) is 3.03. The highest BCUT2D eigenvalue weighted by Crippen LogP contribution is 2.34. The molecule has 2 aromatic rings. The highest BCUT2D eigenvalue weighted by molar-refractivity contribution is 7.16. The molecule has 1 N–H and O–H groups in total. The van der Waals surface area contributed by atoms with Gasteiger partial charge in [0.05, 0.1) is 4.88 Å². The van der Waals surface area contributed by atoms with Gasteiger partial charge in [0.1, 0.15) is 0 Å². The largest absolute Gasteiger partial charge is 0.445 e. The van der Waals surface area contributed by atoms with Gasteiger partial charge in [0, 0.05) is 4.88 Å². The molecule has 0 spiro atoms. The number of alkyl halides is 3. The number of rotatable bonds is 2. The Labute approximate surface area is 132 Å². The van der Waals surface area contributed by atoms with E-state index in [-0.39, 0.29) is 5.13 Å². The standard InChI is InChI=1S/C13H12F3N3OS2/c1-6-2-3-8-7(4-6)5-9(21-8)10(20)17-12-19-18-11(22-12)13(14,15)16/h5-6H,2-4H2,1H3,(H,17,19,20). The molecule has 0 saturated carbocycles. The maximum Gasteiger partial charge on any atom is 0.445 e. The number of nitrogens with one attached hydrogen (secondary N) is 1. The minimum absolute atomic E-state index is 0.142. The summed E-state index contributed by atoms with van der Waals surface area (Å²) in [5.41, 5.74) is 1.17. The summed E-state index contributed by atoms with van der Waals surface area (Å²) in [4.78, 5) is 13.8. The Kier molecular flexibility index (Phi) is 3.94. The van der Waals surface area contributed by atoms with Crippen LogP contribution in [0.5, 0.6) is 0 Å². The third-order valence-corrected chi connectivity index (χ3v) is 5.56. The number of anilines is 1. The number of aryl methyl sites for hydroxylation is 1. The fourth-order valence-corrected chi connectivity index (χ4v) is 4.07. The van der Waals surface area contributed by atoms with Crippen LogP contribution in [0, 0.1) is 5.92 Å². The van der Waals surface area contributed by atoms with Crippen LogP contribution in [0.4, 0.5) is 18.3 Å². The molecule has 1 aliphatic rings. The summed E-state index contributed by atoms with van der Waals surface area (Å²) in [6.45, 7) is 2.17. The average molecular weight is 347 g/mol. The summed E-state index contributed by atoms with van der Waals surface area (Å²) >= 11 is 1.72. The van der Waals surface area contributed by atoms with Gasteiger partial charge in [-0.15, -0.1) is 21.5 Å². The Morgan fingerprint density at radius 3 is 2.82 bits per heavy atom. The summed E-state index contributed by atoms with van der Waals surface area (Å²) in [6, 6.07) is 1.83. The number of thiophene rings is 1. The summed E-state index contributed by atoms with van der Waals surface area (Å²) in [5.74, 6) is 0.160. The van der Waals surface area contributed by atoms with Crippen molar-refractivity contribution in [3.05, 3.63) is 26.4 Å². The first-order valence-corrected chi connectivity index (χ1v) is 8.30. The van der Waals surface area contributed by atoms with Crippen LogP contribution in [0.2, 0.25) is 0 Å². The van der Waals surface area contributed by atoms with Crippen LogP contribution in [0.25, 0.3) is 0 Å². The Hall–Kier alpha value is -1.48. The zero-order chi connectivity index (χ0) is 15.9. The predicted molar refractivity (Wildman–Crippen MR) is 78.4 cm³/mol. The minimum atomic E-state index is -4.54. The van der Waals surface area contributed by atoms with Gasteiger partial charge in [0.2, 0.25) is 10.1 Å². The predicted octanol–water partition coefficient (Wildman–Crippen LogP) is 4.00. The Morgan fingerprint density at radius 2 is 2.14 bits per heavy atom. The number of halogens is 3. The summed E-state index contributed by atoms with van der Waals surface area (Å²) in [7, 11) is 0. The van der Waals surface area contributed by atoms with E-state index in [0.717, 1.165) is 19.3 Å². The zero-order valence-corrected chi connectivity index (χ0v) is 13.2. The number of carbonyl (C=O) groups is 1. The van der Waals surface area contributed by atoms with Crippen molar-refractivity contribution < 1.29 is 18.0 Å². The van der Waals surface area contributed by atoms with Crippen molar-refractivity contribution in [1.82, 2.24) is 10.2 Å². The first kappa shape index (κ1) is 15.4. The van der Waals surface area contributed by atoms with Gasteiger partial charge in [-0.2, -0.15) is 13.2 Å². The zero-order valence-electron chi connectivity index (χ0n) is 11.5. The van der Waals surface area contributed by atoms with Crippen LogP contribution in [-0.4, -0.2) is 16.1 Å². The maximum atomic E-state index is 12.5. The van der Waals surface area contributed by atoms with Crippen LogP contribution in [0.15, 0.2) is 6.07 Å². The normalized spacial score (nSPS) is 18.1. The fourth-order valence-electron chi connectivity index (χ4n) is 2.36. The molecule has 2 aromatic heterocycles. The first-order chi connectivity index (χ1) is 10.3. The number of hydrogen-bond donors (Lipinski definition) is 1. The van der Waals surface area contributed by atoms with Gasteiger partial charge < -0.3 is 0 Å². The summed E-state index contributed by atoms with van der Waals surface area (Å²) < 4.78 is 37.4. The smallest absolute Gasteiger partial charge is 0.296 e. The van der Waals surface area contributed by atoms with Crippen molar-refractivity contribution in [2.24, 2.45) is 5.92 Å². The molecule has 1 amide bonds. The van der Waals surface area contributed by atoms with E-state index in [1.807, 2.05) is 6.07 Å². The molecule has 4 nitrogen and oxygen atoms in total. The molecule has 1 aliphatic carbocycles. The van der Waals surface area contributed by atoms with E-state index in [1.54, 1.807) is 0 Å². The lowest BCUT2D eigenvalue weighted by atomic mass is 9.90. The first-order valence-electron chi connectivity index (χ1n) is 6.66. The molecule has 118 valence electrons.